The van der Waals surface area contributed by atoms with Gasteiger partial charge in [0.25, 0.3) is 0 Å². The highest BCUT2D eigenvalue weighted by atomic mass is 16.6. The van der Waals surface area contributed by atoms with Crippen LogP contribution in [0.4, 0.5) is 0 Å². The van der Waals surface area contributed by atoms with E-state index in [2.05, 4.69) is 0 Å². The van der Waals surface area contributed by atoms with E-state index in [1.165, 1.54) is 43.5 Å². The number of para-hydroxylation sites is 1. The summed E-state index contributed by atoms with van der Waals surface area (Å²) in [6.07, 6.45) is 2.27. The summed E-state index contributed by atoms with van der Waals surface area (Å²) < 4.78 is 4.77. The van der Waals surface area contributed by atoms with Crippen LogP contribution in [-0.4, -0.2) is 45.2 Å². The van der Waals surface area contributed by atoms with Gasteiger partial charge in [-0.2, -0.15) is 0 Å². The first-order valence-corrected chi connectivity index (χ1v) is 5.81. The lowest BCUT2D eigenvalue weighted by Crippen LogP contribution is -2.46. The number of carbonyl (C=O) groups is 1. The topological polar surface area (TPSA) is 107 Å². The number of hydrogen-bond donors (Lipinski definition) is 4. The van der Waals surface area contributed by atoms with Crippen molar-refractivity contribution >= 4 is 5.78 Å². The first-order chi connectivity index (χ1) is 9.40. The first kappa shape index (κ1) is 14.3. The predicted octanol–water partition coefficient (Wildman–Crippen LogP) is 0.473. The fourth-order valence-corrected chi connectivity index (χ4v) is 1.94. The van der Waals surface area contributed by atoms with Crippen LogP contribution in [0.1, 0.15) is 10.4 Å². The van der Waals surface area contributed by atoms with E-state index in [0.29, 0.717) is 0 Å². The first-order valence-electron chi connectivity index (χ1n) is 5.81. The second-order valence-electron chi connectivity index (χ2n) is 4.34. The molecular formula is C14H14O6. The van der Waals surface area contributed by atoms with Gasteiger partial charge in [-0.25, -0.2) is 0 Å². The fraction of sp³-hybridized carbons (Fsp3) is 0.214. The van der Waals surface area contributed by atoms with E-state index in [0.717, 1.165) is 0 Å². The van der Waals surface area contributed by atoms with Crippen LogP contribution in [0.5, 0.6) is 11.5 Å². The molecule has 0 bridgehead atoms. The molecule has 0 aromatic heterocycles. The minimum Gasteiger partial charge on any atom is -0.504 e. The summed E-state index contributed by atoms with van der Waals surface area (Å²) >= 11 is 0. The van der Waals surface area contributed by atoms with Gasteiger partial charge in [0.1, 0.15) is 6.10 Å². The Balaban J connectivity index is 2.42. The minimum absolute atomic E-state index is 0.155. The van der Waals surface area contributed by atoms with E-state index in [1.807, 2.05) is 0 Å². The van der Waals surface area contributed by atoms with Crippen molar-refractivity contribution in [1.82, 2.24) is 0 Å². The maximum absolute atomic E-state index is 12.3. The van der Waals surface area contributed by atoms with Crippen molar-refractivity contribution in [2.24, 2.45) is 0 Å². The number of rotatable bonds is 3. The van der Waals surface area contributed by atoms with E-state index < -0.39 is 29.2 Å². The number of carbonyl (C=O) groups excluding carboxylic acids is 1. The van der Waals surface area contributed by atoms with Crippen molar-refractivity contribution < 1.29 is 30.0 Å². The van der Waals surface area contributed by atoms with Crippen LogP contribution in [-0.2, 0) is 4.74 Å². The third kappa shape index (κ3) is 2.20. The molecular weight excluding hydrogens is 264 g/mol. The molecule has 6 heteroatoms. The summed E-state index contributed by atoms with van der Waals surface area (Å²) in [5.41, 5.74) is -0.332. The summed E-state index contributed by atoms with van der Waals surface area (Å²) in [5, 5.41) is 39.1. The molecule has 20 heavy (non-hydrogen) atoms. The molecule has 1 aromatic carbocycles. The Morgan fingerprint density at radius 3 is 2.70 bits per heavy atom. The average molecular weight is 278 g/mol. The predicted molar refractivity (Wildman–Crippen MR) is 69.3 cm³/mol. The van der Waals surface area contributed by atoms with Gasteiger partial charge >= 0.3 is 0 Å². The summed E-state index contributed by atoms with van der Waals surface area (Å²) in [6.45, 7) is 0. The normalized spacial score (nSPS) is 25.4. The maximum Gasteiger partial charge on any atom is 0.216 e. The van der Waals surface area contributed by atoms with Crippen molar-refractivity contribution in [1.29, 1.82) is 0 Å². The minimum atomic E-state index is -2.01. The van der Waals surface area contributed by atoms with Gasteiger partial charge in [0.2, 0.25) is 5.79 Å². The highest BCUT2D eigenvalue weighted by Crippen LogP contribution is 2.33. The van der Waals surface area contributed by atoms with E-state index in [4.69, 9.17) is 4.74 Å². The van der Waals surface area contributed by atoms with Crippen molar-refractivity contribution in [2.75, 3.05) is 7.11 Å². The molecule has 4 N–H and O–H groups in total. The van der Waals surface area contributed by atoms with E-state index in [-0.39, 0.29) is 11.1 Å². The number of Topliss-reactive ketones (excluding diaryl/α,β-unsaturated/α-hetero) is 1. The van der Waals surface area contributed by atoms with Gasteiger partial charge in [-0.1, -0.05) is 18.2 Å². The second kappa shape index (κ2) is 5.09. The molecule has 2 unspecified atom stereocenters. The van der Waals surface area contributed by atoms with Gasteiger partial charge in [0.05, 0.1) is 5.56 Å². The molecule has 1 aliphatic carbocycles. The average Bonchev–Trinajstić information content (AvgIpc) is 2.44. The molecule has 0 amide bonds. The molecule has 0 saturated heterocycles. The number of ketones is 1. The number of phenols is 2. The number of phenolic OH excluding ortho intramolecular Hbond substituents is 2. The highest BCUT2D eigenvalue weighted by molar-refractivity contribution is 6.11. The lowest BCUT2D eigenvalue weighted by Gasteiger charge is -2.31. The summed E-state index contributed by atoms with van der Waals surface area (Å²) in [4.78, 5) is 12.3. The van der Waals surface area contributed by atoms with Crippen LogP contribution >= 0.6 is 0 Å². The Morgan fingerprint density at radius 1 is 1.35 bits per heavy atom. The molecule has 6 nitrogen and oxygen atoms in total. The lowest BCUT2D eigenvalue weighted by molar-refractivity contribution is -0.197. The van der Waals surface area contributed by atoms with Crippen LogP contribution in [0.25, 0.3) is 0 Å². The molecule has 0 heterocycles. The number of aromatic hydroxyl groups is 2. The van der Waals surface area contributed by atoms with E-state index in [9.17, 15) is 25.2 Å². The third-order valence-electron chi connectivity index (χ3n) is 3.15. The van der Waals surface area contributed by atoms with Crippen molar-refractivity contribution in [3.8, 4) is 11.5 Å². The molecule has 2 atom stereocenters. The van der Waals surface area contributed by atoms with Gasteiger partial charge < -0.3 is 25.2 Å². The highest BCUT2D eigenvalue weighted by Gasteiger charge is 2.40. The number of methoxy groups -OCH3 is 1. The van der Waals surface area contributed by atoms with Gasteiger partial charge in [-0.05, 0) is 18.2 Å². The van der Waals surface area contributed by atoms with Crippen LogP contribution in [0.3, 0.4) is 0 Å². The molecule has 0 saturated carbocycles. The standard InChI is InChI=1S/C14H14O6/c1-20-14(19)7-3-5-9(13(14)18)11(16)8-4-2-6-10(15)12(8)17/h2-7,13,15,17-19H,1H3. The zero-order valence-corrected chi connectivity index (χ0v) is 10.6. The zero-order chi connectivity index (χ0) is 14.9. The van der Waals surface area contributed by atoms with Gasteiger partial charge in [-0.3, -0.25) is 4.79 Å². The van der Waals surface area contributed by atoms with E-state index in [1.54, 1.807) is 0 Å². The fourth-order valence-electron chi connectivity index (χ4n) is 1.94. The smallest absolute Gasteiger partial charge is 0.216 e. The molecule has 1 aromatic rings. The number of benzene rings is 1. The van der Waals surface area contributed by atoms with Crippen LogP contribution in [0.15, 0.2) is 42.0 Å². The third-order valence-corrected chi connectivity index (χ3v) is 3.15. The summed E-state index contributed by atoms with van der Waals surface area (Å²) in [5.74, 6) is -3.75. The SMILES string of the molecule is COC1(O)C=CC=C(C(=O)c2cccc(O)c2O)C1O. The van der Waals surface area contributed by atoms with Crippen molar-refractivity contribution in [3.63, 3.8) is 0 Å². The molecule has 0 aliphatic heterocycles. The zero-order valence-electron chi connectivity index (χ0n) is 10.6. The number of aliphatic hydroxyl groups excluding tert-OH is 1. The Bertz CT molecular complexity index is 604. The monoisotopic (exact) mass is 278 g/mol. The summed E-state index contributed by atoms with van der Waals surface area (Å²) in [6, 6.07) is 3.91. The number of allylic oxidation sites excluding steroid dienone is 2. The van der Waals surface area contributed by atoms with Crippen LogP contribution < -0.4 is 0 Å². The van der Waals surface area contributed by atoms with Crippen molar-refractivity contribution in [2.45, 2.75) is 11.9 Å². The van der Waals surface area contributed by atoms with Gasteiger partial charge in [-0.15, -0.1) is 0 Å². The Hall–Kier alpha value is -2.15. The Labute approximate surface area is 114 Å². The molecule has 2 rings (SSSR count). The largest absolute Gasteiger partial charge is 0.504 e. The lowest BCUT2D eigenvalue weighted by atomic mass is 9.89. The number of ether oxygens (including phenoxy) is 1. The Morgan fingerprint density at radius 2 is 2.05 bits per heavy atom. The Kier molecular flexibility index (Phi) is 3.63. The van der Waals surface area contributed by atoms with Crippen molar-refractivity contribution in [3.05, 3.63) is 47.6 Å². The molecule has 0 spiro atoms. The molecule has 1 aliphatic rings. The van der Waals surface area contributed by atoms with Gasteiger partial charge in [0, 0.05) is 12.7 Å². The van der Waals surface area contributed by atoms with Crippen LogP contribution in [0.2, 0.25) is 0 Å². The van der Waals surface area contributed by atoms with Gasteiger partial charge in [0.15, 0.2) is 17.3 Å². The summed E-state index contributed by atoms with van der Waals surface area (Å²) in [7, 11) is 1.19. The molecule has 106 valence electrons. The van der Waals surface area contributed by atoms with E-state index >= 15 is 0 Å². The number of aliphatic hydroxyl groups is 2. The second-order valence-corrected chi connectivity index (χ2v) is 4.34. The maximum atomic E-state index is 12.3. The quantitative estimate of drug-likeness (QED) is 0.364. The molecule has 0 radical (unpaired) electrons. The number of hydrogen-bond acceptors (Lipinski definition) is 6. The van der Waals surface area contributed by atoms with Crippen LogP contribution in [0, 0.1) is 0 Å². The molecule has 0 fully saturated rings.